The summed E-state index contributed by atoms with van der Waals surface area (Å²) in [6.07, 6.45) is 0. The Hall–Kier alpha value is -3.39. The number of nitrogens with one attached hydrogen (secondary N) is 1. The van der Waals surface area contributed by atoms with Crippen LogP contribution in [0.1, 0.15) is 20.7 Å². The molecular formula is C26H21Cl2N3O3S. The zero-order valence-corrected chi connectivity index (χ0v) is 21.2. The number of carbonyl (C=O) groups excluding carboxylic acids is 2. The van der Waals surface area contributed by atoms with Crippen LogP contribution < -0.4 is 10.3 Å². The number of benzene rings is 4. The molecule has 4 rings (SSSR count). The molecule has 0 saturated heterocycles. The third kappa shape index (κ3) is 5.32. The normalized spacial score (nSPS) is 11.7. The van der Waals surface area contributed by atoms with Gasteiger partial charge in [-0.2, -0.15) is 4.41 Å². The van der Waals surface area contributed by atoms with Crippen molar-refractivity contribution in [3.05, 3.63) is 106 Å². The SMILES string of the molecule is CN(C)c1cccc2c(S(=O)N(NC(=O)c3ccc(Cl)cc3)C(=O)c3ccc(Cl)cc3)cccc12. The van der Waals surface area contributed by atoms with Gasteiger partial charge in [-0.1, -0.05) is 47.5 Å². The van der Waals surface area contributed by atoms with Crippen molar-refractivity contribution in [1.82, 2.24) is 9.84 Å². The highest BCUT2D eigenvalue weighted by Crippen LogP contribution is 2.30. The molecule has 0 aliphatic heterocycles. The molecule has 1 N–H and O–H groups in total. The monoisotopic (exact) mass is 525 g/mol. The lowest BCUT2D eigenvalue weighted by Gasteiger charge is -2.23. The molecule has 0 spiro atoms. The van der Waals surface area contributed by atoms with E-state index in [0.717, 1.165) is 15.5 Å². The zero-order chi connectivity index (χ0) is 25.1. The number of carbonyl (C=O) groups is 2. The Morgan fingerprint density at radius 1 is 0.743 bits per heavy atom. The van der Waals surface area contributed by atoms with Crippen LogP contribution >= 0.6 is 23.2 Å². The van der Waals surface area contributed by atoms with E-state index in [1.54, 1.807) is 36.4 Å². The molecule has 0 bridgehead atoms. The largest absolute Gasteiger partial charge is 0.377 e. The first-order valence-electron chi connectivity index (χ1n) is 10.5. The molecule has 0 aliphatic carbocycles. The van der Waals surface area contributed by atoms with Crippen LogP contribution in [0.2, 0.25) is 10.0 Å². The Morgan fingerprint density at radius 2 is 1.29 bits per heavy atom. The van der Waals surface area contributed by atoms with Gasteiger partial charge in [-0.15, -0.1) is 0 Å². The van der Waals surface area contributed by atoms with E-state index in [1.807, 2.05) is 43.3 Å². The molecule has 9 heteroatoms. The number of halogens is 2. The smallest absolute Gasteiger partial charge is 0.285 e. The predicted molar refractivity (Wildman–Crippen MR) is 141 cm³/mol. The van der Waals surface area contributed by atoms with E-state index in [2.05, 4.69) is 5.43 Å². The number of nitrogens with zero attached hydrogens (tertiary/aromatic N) is 2. The van der Waals surface area contributed by atoms with Crippen LogP contribution in [0.25, 0.3) is 10.8 Å². The predicted octanol–water partition coefficient (Wildman–Crippen LogP) is 5.72. The number of hydrogen-bond acceptors (Lipinski definition) is 4. The summed E-state index contributed by atoms with van der Waals surface area (Å²) in [6, 6.07) is 23.3. The minimum atomic E-state index is -2.08. The summed E-state index contributed by atoms with van der Waals surface area (Å²) in [4.78, 5) is 28.8. The van der Waals surface area contributed by atoms with Crippen LogP contribution in [0, 0.1) is 0 Å². The van der Waals surface area contributed by atoms with Crippen LogP contribution in [0.15, 0.2) is 89.8 Å². The highest BCUT2D eigenvalue weighted by molar-refractivity contribution is 7.83. The third-order valence-electron chi connectivity index (χ3n) is 5.28. The number of anilines is 1. The number of hydrazine groups is 1. The van der Waals surface area contributed by atoms with E-state index >= 15 is 0 Å². The molecule has 4 aromatic rings. The number of hydrogen-bond donors (Lipinski definition) is 1. The van der Waals surface area contributed by atoms with Crippen molar-refractivity contribution in [2.45, 2.75) is 4.90 Å². The minimum absolute atomic E-state index is 0.216. The quantitative estimate of drug-likeness (QED) is 0.338. The second-order valence-electron chi connectivity index (χ2n) is 7.83. The van der Waals surface area contributed by atoms with Gasteiger partial charge >= 0.3 is 0 Å². The van der Waals surface area contributed by atoms with E-state index < -0.39 is 22.8 Å². The van der Waals surface area contributed by atoms with Gasteiger partial charge in [0.15, 0.2) is 11.0 Å². The van der Waals surface area contributed by atoms with Crippen molar-refractivity contribution in [1.29, 1.82) is 0 Å². The summed E-state index contributed by atoms with van der Waals surface area (Å²) < 4.78 is 14.7. The minimum Gasteiger partial charge on any atom is -0.377 e. The van der Waals surface area contributed by atoms with Gasteiger partial charge in [0, 0.05) is 51.7 Å². The molecule has 178 valence electrons. The molecule has 35 heavy (non-hydrogen) atoms. The van der Waals surface area contributed by atoms with Gasteiger partial charge in [-0.3, -0.25) is 9.59 Å². The van der Waals surface area contributed by atoms with Crippen LogP contribution in [-0.4, -0.2) is 34.5 Å². The van der Waals surface area contributed by atoms with Crippen molar-refractivity contribution < 1.29 is 13.8 Å². The maximum atomic E-state index is 13.9. The summed E-state index contributed by atoms with van der Waals surface area (Å²) in [5, 5.41) is 2.48. The van der Waals surface area contributed by atoms with Gasteiger partial charge < -0.3 is 4.90 Å². The molecule has 0 heterocycles. The summed E-state index contributed by atoms with van der Waals surface area (Å²) in [6.45, 7) is 0. The molecule has 0 radical (unpaired) electrons. The van der Waals surface area contributed by atoms with Crippen LogP contribution in [0.4, 0.5) is 5.69 Å². The second-order valence-corrected chi connectivity index (χ2v) is 10.0. The van der Waals surface area contributed by atoms with E-state index in [4.69, 9.17) is 23.2 Å². The summed E-state index contributed by atoms with van der Waals surface area (Å²) in [5.41, 5.74) is 3.93. The van der Waals surface area contributed by atoms with E-state index in [1.165, 1.54) is 24.3 Å². The van der Waals surface area contributed by atoms with Crippen molar-refractivity contribution in [3.63, 3.8) is 0 Å². The van der Waals surface area contributed by atoms with Crippen LogP contribution in [0.5, 0.6) is 0 Å². The molecule has 6 nitrogen and oxygen atoms in total. The van der Waals surface area contributed by atoms with Gasteiger partial charge in [0.1, 0.15) is 0 Å². The lowest BCUT2D eigenvalue weighted by Crippen LogP contribution is -2.47. The zero-order valence-electron chi connectivity index (χ0n) is 18.9. The Bertz CT molecular complexity index is 1420. The maximum absolute atomic E-state index is 13.9. The van der Waals surface area contributed by atoms with Gasteiger partial charge in [0.25, 0.3) is 11.8 Å². The average Bonchev–Trinajstić information content (AvgIpc) is 2.86. The third-order valence-corrected chi connectivity index (χ3v) is 7.10. The first-order chi connectivity index (χ1) is 16.8. The molecule has 2 amide bonds. The highest BCUT2D eigenvalue weighted by atomic mass is 35.5. The van der Waals surface area contributed by atoms with Crippen molar-refractivity contribution in [3.8, 4) is 0 Å². The summed E-state index contributed by atoms with van der Waals surface area (Å²) in [5.74, 6) is -1.25. The fraction of sp³-hybridized carbons (Fsp3) is 0.0769. The van der Waals surface area contributed by atoms with Crippen molar-refractivity contribution in [2.24, 2.45) is 0 Å². The fourth-order valence-electron chi connectivity index (χ4n) is 3.54. The van der Waals surface area contributed by atoms with Gasteiger partial charge in [-0.05, 0) is 60.7 Å². The van der Waals surface area contributed by atoms with Crippen LogP contribution in [-0.2, 0) is 11.0 Å². The Labute approximate surface area is 215 Å². The Morgan fingerprint density at radius 3 is 1.89 bits per heavy atom. The molecular weight excluding hydrogens is 505 g/mol. The number of amides is 2. The lowest BCUT2D eigenvalue weighted by atomic mass is 10.1. The molecule has 0 aliphatic rings. The van der Waals surface area contributed by atoms with Crippen molar-refractivity contribution >= 4 is 62.5 Å². The lowest BCUT2D eigenvalue weighted by molar-refractivity contribution is 0.0732. The molecule has 1 unspecified atom stereocenters. The van der Waals surface area contributed by atoms with Crippen molar-refractivity contribution in [2.75, 3.05) is 19.0 Å². The average molecular weight is 526 g/mol. The standard InChI is InChI=1S/C26H21Cl2N3O3S/c1-30(2)23-7-3-6-22-21(23)5-4-8-24(22)35(34)31(26(33)18-11-15-20(28)16-12-18)29-25(32)17-9-13-19(27)14-10-17/h3-16H,1-2H3,(H,29,32). The maximum Gasteiger partial charge on any atom is 0.285 e. The van der Waals surface area contributed by atoms with E-state index in [0.29, 0.717) is 20.3 Å². The van der Waals surface area contributed by atoms with E-state index in [-0.39, 0.29) is 11.1 Å². The Balaban J connectivity index is 1.78. The second kappa shape index (κ2) is 10.5. The van der Waals surface area contributed by atoms with Gasteiger partial charge in [-0.25, -0.2) is 9.63 Å². The van der Waals surface area contributed by atoms with Gasteiger partial charge in [0.2, 0.25) is 0 Å². The summed E-state index contributed by atoms with van der Waals surface area (Å²) >= 11 is 11.9. The molecule has 1 atom stereocenters. The molecule has 4 aromatic carbocycles. The first-order valence-corrected chi connectivity index (χ1v) is 12.4. The molecule has 0 aromatic heterocycles. The first kappa shape index (κ1) is 24.7. The molecule has 0 fully saturated rings. The summed E-state index contributed by atoms with van der Waals surface area (Å²) in [7, 11) is 1.76. The molecule has 0 saturated carbocycles. The van der Waals surface area contributed by atoms with Gasteiger partial charge in [0.05, 0.1) is 4.90 Å². The topological polar surface area (TPSA) is 69.7 Å². The van der Waals surface area contributed by atoms with Crippen LogP contribution in [0.3, 0.4) is 0 Å². The highest BCUT2D eigenvalue weighted by Gasteiger charge is 2.27. The number of rotatable bonds is 5. The fourth-order valence-corrected chi connectivity index (χ4v) is 4.97. The van der Waals surface area contributed by atoms with E-state index in [9.17, 15) is 13.8 Å². The Kier molecular flexibility index (Phi) is 7.40. The number of fused-ring (bicyclic) bond motifs is 1.